The van der Waals surface area contributed by atoms with Crippen molar-refractivity contribution in [1.29, 1.82) is 0 Å². The first-order valence-corrected chi connectivity index (χ1v) is 15.6. The van der Waals surface area contributed by atoms with Gasteiger partial charge in [-0.15, -0.1) is 0 Å². The molecule has 47 heavy (non-hydrogen) atoms. The van der Waals surface area contributed by atoms with Crippen molar-refractivity contribution in [2.75, 3.05) is 36.7 Å². The number of hydrazone groups is 1. The Balaban J connectivity index is 1.34. The van der Waals surface area contributed by atoms with Gasteiger partial charge in [0.15, 0.2) is 5.60 Å². The maximum Gasteiger partial charge on any atom is 0.433 e. The van der Waals surface area contributed by atoms with Gasteiger partial charge in [0, 0.05) is 64.6 Å². The van der Waals surface area contributed by atoms with Crippen molar-refractivity contribution in [3.05, 3.63) is 107 Å². The predicted molar refractivity (Wildman–Crippen MR) is 174 cm³/mol. The van der Waals surface area contributed by atoms with Crippen molar-refractivity contribution in [3.8, 4) is 0 Å². The van der Waals surface area contributed by atoms with Crippen molar-refractivity contribution in [1.82, 2.24) is 19.5 Å². The molecule has 1 saturated heterocycles. The summed E-state index contributed by atoms with van der Waals surface area (Å²) >= 11 is 0. The van der Waals surface area contributed by atoms with Crippen molar-refractivity contribution in [2.45, 2.75) is 30.7 Å². The van der Waals surface area contributed by atoms with Gasteiger partial charge in [-0.05, 0) is 52.4 Å². The Hall–Kier alpha value is -4.59. The maximum atomic E-state index is 13.4. The number of hydrogen-bond acceptors (Lipinski definition) is 8. The van der Waals surface area contributed by atoms with Gasteiger partial charge in [-0.25, -0.2) is 9.97 Å². The van der Waals surface area contributed by atoms with Crippen molar-refractivity contribution in [2.24, 2.45) is 12.1 Å². The number of aryl methyl sites for hydroxylation is 1. The van der Waals surface area contributed by atoms with E-state index < -0.39 is 17.5 Å². The number of hydrogen-bond donors (Lipinski definition) is 1. The van der Waals surface area contributed by atoms with Crippen molar-refractivity contribution >= 4 is 44.1 Å². The van der Waals surface area contributed by atoms with E-state index in [1.807, 2.05) is 23.4 Å². The fraction of sp³-hybridized carbons (Fsp3) is 0.294. The van der Waals surface area contributed by atoms with E-state index in [2.05, 4.69) is 54.5 Å². The Labute approximate surface area is 272 Å². The van der Waals surface area contributed by atoms with Crippen LogP contribution in [0, 0.1) is 0 Å². The molecule has 1 atom stereocenters. The smallest absolute Gasteiger partial charge is 0.378 e. The number of anilines is 2. The summed E-state index contributed by atoms with van der Waals surface area (Å²) in [6, 6.07) is 15.8. The Morgan fingerprint density at radius 2 is 1.79 bits per heavy atom. The van der Waals surface area contributed by atoms with Crippen LogP contribution in [0.15, 0.2) is 78.4 Å². The number of nitrogens with zero attached hydrogens (tertiary/aromatic N) is 7. The van der Waals surface area contributed by atoms with E-state index in [1.54, 1.807) is 24.8 Å². The summed E-state index contributed by atoms with van der Waals surface area (Å²) in [4.78, 5) is 15.1. The summed E-state index contributed by atoms with van der Waals surface area (Å²) in [7, 11) is 7.39. The molecule has 0 bridgehead atoms. The van der Waals surface area contributed by atoms with Crippen LogP contribution in [0.2, 0.25) is 0 Å². The Morgan fingerprint density at radius 3 is 2.40 bits per heavy atom. The van der Waals surface area contributed by atoms with Crippen LogP contribution >= 0.6 is 0 Å². The van der Waals surface area contributed by atoms with E-state index in [-0.39, 0.29) is 11.7 Å². The lowest BCUT2D eigenvalue weighted by atomic mass is 9.83. The number of ether oxygens (including phenoxy) is 1. The van der Waals surface area contributed by atoms with Crippen molar-refractivity contribution < 1.29 is 23.0 Å². The van der Waals surface area contributed by atoms with Gasteiger partial charge in [0.25, 0.3) is 0 Å². The van der Waals surface area contributed by atoms with Crippen LogP contribution in [0.5, 0.6) is 0 Å². The summed E-state index contributed by atoms with van der Waals surface area (Å²) in [6.07, 6.45) is 3.01. The first-order chi connectivity index (χ1) is 22.6. The number of methoxy groups -OCH3 is 1. The zero-order valence-corrected chi connectivity index (χ0v) is 26.7. The third kappa shape index (κ3) is 5.57. The van der Waals surface area contributed by atoms with E-state index in [1.165, 1.54) is 18.6 Å². The fourth-order valence-corrected chi connectivity index (χ4v) is 6.63. The monoisotopic (exact) mass is 654 g/mol. The number of halogens is 3. The lowest BCUT2D eigenvalue weighted by Crippen LogP contribution is -2.53. The van der Waals surface area contributed by atoms with Gasteiger partial charge >= 0.3 is 6.18 Å². The lowest BCUT2D eigenvalue weighted by Gasteiger charge is -2.40. The van der Waals surface area contributed by atoms with Gasteiger partial charge in [0.1, 0.15) is 11.5 Å². The number of aliphatic hydroxyl groups is 1. The quantitative estimate of drug-likeness (QED) is 0.252. The molecule has 5 heterocycles. The number of alkyl halides is 3. The molecule has 5 aromatic rings. The Kier molecular flexibility index (Phi) is 7.85. The van der Waals surface area contributed by atoms with E-state index in [4.69, 9.17) is 9.72 Å². The number of aromatic nitrogens is 4. The molecule has 0 spiro atoms. The summed E-state index contributed by atoms with van der Waals surface area (Å²) in [5.74, 6) is 0.839. The lowest BCUT2D eigenvalue weighted by molar-refractivity contribution is -0.141. The average Bonchev–Trinajstić information content (AvgIpc) is 3.74. The highest BCUT2D eigenvalue weighted by Crippen LogP contribution is 2.39. The molecule has 3 radical (unpaired) electrons. The molecule has 7 rings (SSSR count). The third-order valence-corrected chi connectivity index (χ3v) is 9.50. The first kappa shape index (κ1) is 31.0. The number of imidazole rings is 1. The van der Waals surface area contributed by atoms with Crippen LogP contribution in [0.3, 0.4) is 0 Å². The summed E-state index contributed by atoms with van der Waals surface area (Å²) in [5, 5.41) is 20.4. The van der Waals surface area contributed by atoms with Gasteiger partial charge in [-0.1, -0.05) is 29.5 Å². The molecule has 9 nitrogen and oxygen atoms in total. The minimum atomic E-state index is -4.61. The molecule has 0 aliphatic carbocycles. The normalized spacial score (nSPS) is 16.6. The summed E-state index contributed by atoms with van der Waals surface area (Å²) < 4.78 is 47.3. The zero-order chi connectivity index (χ0) is 32.9. The minimum absolute atomic E-state index is 0.118. The standard InChI is InChI=1S/C34H31F3N7O2Si/c1-42-20-38-17-30(42)33(45,23-7-11-29(39-16-23)34(35,36)37)22-6-10-28-26(15-22)31(47)27(32(41-28)43-18-25(19-43)46-2)14-21-4-8-24(9-5-21)44-13-3-12-40-44/h4-12,15-17,20,25,45H,3,13-14,18-19H2,1-2H3. The SMILES string of the molecule is COC1CN(c2nc3ccc(C(O)(c4ccc(C(F)(F)F)nc4)c4cncn4C)cc3c([Si])c2Cc2ccc(N3CCC=N3)cc2)C1. The number of rotatable bonds is 8. The molecule has 1 fully saturated rings. The molecule has 2 aliphatic heterocycles. The zero-order valence-electron chi connectivity index (χ0n) is 25.7. The molecular formula is C34H31F3N7O2Si. The highest BCUT2D eigenvalue weighted by atomic mass is 28.1. The Morgan fingerprint density at radius 1 is 1.02 bits per heavy atom. The van der Waals surface area contributed by atoms with Crippen LogP contribution in [-0.4, -0.2) is 73.9 Å². The van der Waals surface area contributed by atoms with Crippen LogP contribution in [-0.2, 0) is 30.0 Å². The second kappa shape index (κ2) is 11.9. The summed E-state index contributed by atoms with van der Waals surface area (Å²) in [6.45, 7) is 2.27. The Bertz CT molecular complexity index is 1960. The first-order valence-electron chi connectivity index (χ1n) is 15.1. The second-order valence-electron chi connectivity index (χ2n) is 11.9. The molecule has 1 unspecified atom stereocenters. The molecular weight excluding hydrogens is 624 g/mol. The van der Waals surface area contributed by atoms with E-state index >= 15 is 0 Å². The molecule has 13 heteroatoms. The van der Waals surface area contributed by atoms with E-state index in [0.717, 1.165) is 58.4 Å². The van der Waals surface area contributed by atoms with Gasteiger partial charge in [0.2, 0.25) is 0 Å². The third-order valence-electron chi connectivity index (χ3n) is 8.93. The van der Waals surface area contributed by atoms with Crippen LogP contribution in [0.25, 0.3) is 10.9 Å². The average molecular weight is 655 g/mol. The number of pyridine rings is 2. The molecule has 2 aromatic carbocycles. The van der Waals surface area contributed by atoms with E-state index in [0.29, 0.717) is 36.3 Å². The number of benzene rings is 2. The van der Waals surface area contributed by atoms with Crippen LogP contribution < -0.4 is 15.1 Å². The largest absolute Gasteiger partial charge is 0.433 e. The van der Waals surface area contributed by atoms with Gasteiger partial charge in [-0.2, -0.15) is 18.3 Å². The van der Waals surface area contributed by atoms with Gasteiger partial charge < -0.3 is 19.3 Å². The minimum Gasteiger partial charge on any atom is -0.378 e. The molecule has 0 saturated carbocycles. The molecule has 2 aliphatic rings. The van der Waals surface area contributed by atoms with Crippen LogP contribution in [0.4, 0.5) is 24.7 Å². The molecule has 239 valence electrons. The highest BCUT2D eigenvalue weighted by Gasteiger charge is 2.39. The fourth-order valence-electron chi connectivity index (χ4n) is 6.23. The maximum absolute atomic E-state index is 13.4. The second-order valence-corrected chi connectivity index (χ2v) is 12.4. The molecule has 3 aromatic heterocycles. The van der Waals surface area contributed by atoms with Gasteiger partial charge in [-0.3, -0.25) is 9.99 Å². The molecule has 1 N–H and O–H groups in total. The predicted octanol–water partition coefficient (Wildman–Crippen LogP) is 4.08. The molecule has 0 amide bonds. The van der Waals surface area contributed by atoms with E-state index in [9.17, 15) is 18.3 Å². The van der Waals surface area contributed by atoms with Gasteiger partial charge in [0.05, 0.1) is 45.8 Å². The topological polar surface area (TPSA) is 91.9 Å². The summed E-state index contributed by atoms with van der Waals surface area (Å²) in [5.41, 5.74) is 1.82. The highest BCUT2D eigenvalue weighted by molar-refractivity contribution is 6.40. The number of fused-ring (bicyclic) bond motifs is 1. The van der Waals surface area contributed by atoms with Crippen molar-refractivity contribution in [3.63, 3.8) is 0 Å². The van der Waals surface area contributed by atoms with Crippen LogP contribution in [0.1, 0.15) is 40.1 Å².